The summed E-state index contributed by atoms with van der Waals surface area (Å²) in [6.45, 7) is 5.56. The number of hydroxylamine groups is 2. The van der Waals surface area contributed by atoms with Gasteiger partial charge in [-0.1, -0.05) is 6.42 Å². The highest BCUT2D eigenvalue weighted by atomic mass is 16.6. The fourth-order valence-electron chi connectivity index (χ4n) is 4.13. The van der Waals surface area contributed by atoms with Crippen LogP contribution in [0.15, 0.2) is 0 Å². The number of nitrogens with one attached hydrogen (secondary N) is 3. The molecule has 11 heteroatoms. The number of fused-ring (bicyclic) bond motifs is 2. The topological polar surface area (TPSA) is 140 Å². The standard InChI is InChI=1S/C18H29N5O6/c1-18(2,3)29-16(26)19-12-6-4-5-11(12)14(24)20-21-15(25)13-8-7-10-9-22(13)17(27)23(10)28/h10-13,28H,4-9H2,1-3H3,(H,19,26)(H,20,24)(H,21,25)/t10?,11-,12-,13+/m1/s1. The molecule has 0 aromatic heterocycles. The molecule has 11 nitrogen and oxygen atoms in total. The Labute approximate surface area is 169 Å². The van der Waals surface area contributed by atoms with E-state index in [-0.39, 0.29) is 18.6 Å². The molecule has 0 radical (unpaired) electrons. The zero-order chi connectivity index (χ0) is 21.3. The number of nitrogens with zero attached hydrogens (tertiary/aromatic N) is 2. The summed E-state index contributed by atoms with van der Waals surface area (Å²) in [6.07, 6.45) is 2.33. The van der Waals surface area contributed by atoms with E-state index >= 15 is 0 Å². The first-order valence-electron chi connectivity index (χ1n) is 9.95. The third kappa shape index (κ3) is 4.72. The summed E-state index contributed by atoms with van der Waals surface area (Å²) in [7, 11) is 0. The zero-order valence-electron chi connectivity index (χ0n) is 16.9. The van der Waals surface area contributed by atoms with Crippen LogP contribution in [-0.4, -0.2) is 69.4 Å². The fraction of sp³-hybridized carbons (Fsp3) is 0.778. The normalized spacial score (nSPS) is 28.9. The van der Waals surface area contributed by atoms with Crippen molar-refractivity contribution in [1.82, 2.24) is 26.1 Å². The van der Waals surface area contributed by atoms with E-state index in [1.165, 1.54) is 4.90 Å². The second-order valence-electron chi connectivity index (χ2n) is 8.80. The van der Waals surface area contributed by atoms with Gasteiger partial charge in [-0.15, -0.1) is 0 Å². The highest BCUT2D eigenvalue weighted by molar-refractivity contribution is 5.90. The van der Waals surface area contributed by atoms with Crippen LogP contribution in [-0.2, 0) is 14.3 Å². The van der Waals surface area contributed by atoms with Crippen molar-refractivity contribution in [3.63, 3.8) is 0 Å². The summed E-state index contributed by atoms with van der Waals surface area (Å²) in [5.41, 5.74) is 4.16. The molecule has 5 amide bonds. The second-order valence-corrected chi connectivity index (χ2v) is 8.80. The summed E-state index contributed by atoms with van der Waals surface area (Å²) in [6, 6.07) is -2.01. The molecular weight excluding hydrogens is 382 g/mol. The molecule has 29 heavy (non-hydrogen) atoms. The SMILES string of the molecule is CC(C)(C)OC(=O)N[C@@H]1CCC[C@H]1C(=O)NNC(=O)[C@@H]1CCC2CN1C(=O)N2O. The molecule has 1 aliphatic carbocycles. The fourth-order valence-corrected chi connectivity index (χ4v) is 4.13. The van der Waals surface area contributed by atoms with E-state index in [0.29, 0.717) is 30.7 Å². The van der Waals surface area contributed by atoms with Gasteiger partial charge in [0, 0.05) is 12.6 Å². The van der Waals surface area contributed by atoms with Crippen molar-refractivity contribution in [2.75, 3.05) is 6.54 Å². The van der Waals surface area contributed by atoms with Gasteiger partial charge in [-0.3, -0.25) is 25.6 Å². The number of alkyl carbamates (subject to hydrolysis) is 1. The van der Waals surface area contributed by atoms with E-state index in [9.17, 15) is 24.4 Å². The summed E-state index contributed by atoms with van der Waals surface area (Å²) < 4.78 is 5.24. The first-order chi connectivity index (χ1) is 13.6. The Morgan fingerprint density at radius 3 is 2.45 bits per heavy atom. The van der Waals surface area contributed by atoms with Crippen LogP contribution in [0.4, 0.5) is 9.59 Å². The first kappa shape index (κ1) is 21.2. The lowest BCUT2D eigenvalue weighted by Gasteiger charge is -2.29. The van der Waals surface area contributed by atoms with E-state index in [1.54, 1.807) is 20.8 Å². The number of hydrazine groups is 1. The van der Waals surface area contributed by atoms with E-state index in [0.717, 1.165) is 6.42 Å². The number of ether oxygens (including phenoxy) is 1. The predicted octanol–water partition coefficient (Wildman–Crippen LogP) is 0.485. The Kier molecular flexibility index (Phi) is 5.87. The minimum absolute atomic E-state index is 0.284. The third-order valence-electron chi connectivity index (χ3n) is 5.51. The van der Waals surface area contributed by atoms with Crippen molar-refractivity contribution in [2.45, 2.75) is 76.6 Å². The molecule has 0 aromatic carbocycles. The average molecular weight is 411 g/mol. The monoisotopic (exact) mass is 411 g/mol. The number of urea groups is 1. The van der Waals surface area contributed by atoms with Crippen LogP contribution in [0.25, 0.3) is 0 Å². The molecular formula is C18H29N5O6. The van der Waals surface area contributed by atoms with Gasteiger partial charge < -0.3 is 15.0 Å². The van der Waals surface area contributed by atoms with Gasteiger partial charge in [-0.2, -0.15) is 0 Å². The molecule has 1 unspecified atom stereocenters. The van der Waals surface area contributed by atoms with Gasteiger partial charge in [0.25, 0.3) is 5.91 Å². The van der Waals surface area contributed by atoms with Crippen LogP contribution in [0.1, 0.15) is 52.9 Å². The Bertz CT molecular complexity index is 693. The quantitative estimate of drug-likeness (QED) is 0.393. The van der Waals surface area contributed by atoms with Crippen LogP contribution in [0, 0.1) is 5.92 Å². The van der Waals surface area contributed by atoms with Gasteiger partial charge in [0.1, 0.15) is 11.6 Å². The van der Waals surface area contributed by atoms with Crippen molar-refractivity contribution < 1.29 is 29.1 Å². The largest absolute Gasteiger partial charge is 0.444 e. The molecule has 162 valence electrons. The smallest absolute Gasteiger partial charge is 0.407 e. The molecule has 2 bridgehead atoms. The second kappa shape index (κ2) is 8.05. The summed E-state index contributed by atoms with van der Waals surface area (Å²) in [5.74, 6) is -1.39. The van der Waals surface area contributed by atoms with Crippen molar-refractivity contribution in [2.24, 2.45) is 5.92 Å². The highest BCUT2D eigenvalue weighted by Gasteiger charge is 2.47. The molecule has 2 heterocycles. The minimum Gasteiger partial charge on any atom is -0.444 e. The van der Waals surface area contributed by atoms with Crippen molar-refractivity contribution in [1.29, 1.82) is 0 Å². The van der Waals surface area contributed by atoms with Crippen molar-refractivity contribution >= 4 is 23.9 Å². The Hall–Kier alpha value is -2.56. The molecule has 1 saturated carbocycles. The zero-order valence-corrected chi connectivity index (χ0v) is 16.9. The van der Waals surface area contributed by atoms with Gasteiger partial charge in [-0.05, 0) is 46.5 Å². The molecule has 3 rings (SSSR count). The Morgan fingerprint density at radius 2 is 1.76 bits per heavy atom. The first-order valence-corrected chi connectivity index (χ1v) is 9.95. The lowest BCUT2D eigenvalue weighted by Crippen LogP contribution is -2.56. The lowest BCUT2D eigenvalue weighted by atomic mass is 10.0. The molecule has 4 atom stereocenters. The number of rotatable bonds is 3. The van der Waals surface area contributed by atoms with Gasteiger partial charge in [0.05, 0.1) is 12.0 Å². The number of carbonyl (C=O) groups excluding carboxylic acids is 4. The van der Waals surface area contributed by atoms with E-state index in [4.69, 9.17) is 4.74 Å². The Morgan fingerprint density at radius 1 is 1.07 bits per heavy atom. The number of hydrogen-bond acceptors (Lipinski definition) is 6. The summed E-state index contributed by atoms with van der Waals surface area (Å²) in [5, 5.41) is 13.1. The molecule has 0 aromatic rings. The van der Waals surface area contributed by atoms with Crippen molar-refractivity contribution in [3.05, 3.63) is 0 Å². The predicted molar refractivity (Wildman–Crippen MR) is 99.3 cm³/mol. The Balaban J connectivity index is 1.50. The molecule has 3 aliphatic rings. The number of amides is 5. The highest BCUT2D eigenvalue weighted by Crippen LogP contribution is 2.29. The van der Waals surface area contributed by atoms with E-state index in [2.05, 4.69) is 16.2 Å². The number of piperidine rings is 1. The maximum absolute atomic E-state index is 12.5. The van der Waals surface area contributed by atoms with Gasteiger partial charge in [-0.25, -0.2) is 14.7 Å². The maximum Gasteiger partial charge on any atom is 0.407 e. The average Bonchev–Trinajstić information content (AvgIpc) is 3.17. The molecule has 0 spiro atoms. The summed E-state index contributed by atoms with van der Waals surface area (Å²) in [4.78, 5) is 50.3. The van der Waals surface area contributed by atoms with Crippen LogP contribution < -0.4 is 16.2 Å². The van der Waals surface area contributed by atoms with Crippen LogP contribution in [0.2, 0.25) is 0 Å². The molecule has 2 aliphatic heterocycles. The van der Waals surface area contributed by atoms with Crippen LogP contribution in [0.3, 0.4) is 0 Å². The molecule has 3 fully saturated rings. The lowest BCUT2D eigenvalue weighted by molar-refractivity contribution is -0.133. The van der Waals surface area contributed by atoms with Gasteiger partial charge in [0.2, 0.25) is 5.91 Å². The third-order valence-corrected chi connectivity index (χ3v) is 5.51. The summed E-state index contributed by atoms with van der Waals surface area (Å²) >= 11 is 0. The number of carbonyl (C=O) groups is 4. The maximum atomic E-state index is 12.5. The molecule has 4 N–H and O–H groups in total. The van der Waals surface area contributed by atoms with Gasteiger partial charge >= 0.3 is 12.1 Å². The van der Waals surface area contributed by atoms with E-state index < -0.39 is 41.5 Å². The van der Waals surface area contributed by atoms with Gasteiger partial charge in [0.15, 0.2) is 0 Å². The van der Waals surface area contributed by atoms with Crippen LogP contribution >= 0.6 is 0 Å². The minimum atomic E-state index is -0.740. The number of hydrogen-bond donors (Lipinski definition) is 4. The van der Waals surface area contributed by atoms with Crippen LogP contribution in [0.5, 0.6) is 0 Å². The van der Waals surface area contributed by atoms with E-state index in [1.807, 2.05) is 0 Å². The van der Waals surface area contributed by atoms with Crippen molar-refractivity contribution in [3.8, 4) is 0 Å². The molecule has 2 saturated heterocycles.